The molecule has 3 rings (SSSR count). The Morgan fingerprint density at radius 2 is 2.00 bits per heavy atom. The van der Waals surface area contributed by atoms with Crippen molar-refractivity contribution >= 4 is 5.91 Å². The molecule has 5 nitrogen and oxygen atoms in total. The van der Waals surface area contributed by atoms with Gasteiger partial charge < -0.3 is 19.3 Å². The molecular weight excluding hydrogens is 340 g/mol. The largest absolute Gasteiger partial charge is 0.497 e. The molecule has 2 aliphatic heterocycles. The van der Waals surface area contributed by atoms with E-state index >= 15 is 0 Å². The van der Waals surface area contributed by atoms with Crippen LogP contribution in [0.5, 0.6) is 5.75 Å². The minimum Gasteiger partial charge on any atom is -0.497 e. The van der Waals surface area contributed by atoms with Crippen LogP contribution in [0.2, 0.25) is 0 Å². The standard InChI is InChI=1S/C22H34N2O3/c1-17(2)13-23-14-19(15-26-3)22(16-23)8-10-24(11-9-22)21(25)18-6-5-7-20(12-18)27-4/h5-7,12,17,19H,8-11,13-16H2,1-4H3/t19-/m0/s1. The summed E-state index contributed by atoms with van der Waals surface area (Å²) in [4.78, 5) is 17.5. The molecule has 2 saturated heterocycles. The average Bonchev–Trinajstić information content (AvgIpc) is 2.98. The second-order valence-corrected chi connectivity index (χ2v) is 8.63. The summed E-state index contributed by atoms with van der Waals surface area (Å²) in [6.07, 6.45) is 2.12. The van der Waals surface area contributed by atoms with E-state index < -0.39 is 0 Å². The summed E-state index contributed by atoms with van der Waals surface area (Å²) in [5, 5.41) is 0. The molecular formula is C22H34N2O3. The van der Waals surface area contributed by atoms with Gasteiger partial charge in [0.2, 0.25) is 0 Å². The predicted molar refractivity (Wildman–Crippen MR) is 107 cm³/mol. The molecule has 2 heterocycles. The van der Waals surface area contributed by atoms with Crippen molar-refractivity contribution in [2.45, 2.75) is 26.7 Å². The van der Waals surface area contributed by atoms with Gasteiger partial charge in [0.05, 0.1) is 13.7 Å². The van der Waals surface area contributed by atoms with Crippen molar-refractivity contribution in [3.8, 4) is 5.75 Å². The Morgan fingerprint density at radius 3 is 2.63 bits per heavy atom. The van der Waals surface area contributed by atoms with Crippen LogP contribution in [0.3, 0.4) is 0 Å². The van der Waals surface area contributed by atoms with Crippen molar-refractivity contribution in [2.24, 2.45) is 17.3 Å². The molecule has 150 valence electrons. The van der Waals surface area contributed by atoms with E-state index in [1.54, 1.807) is 14.2 Å². The molecule has 2 aliphatic rings. The molecule has 0 unspecified atom stereocenters. The lowest BCUT2D eigenvalue weighted by atomic mass is 9.71. The van der Waals surface area contributed by atoms with Gasteiger partial charge in [0.25, 0.3) is 5.91 Å². The predicted octanol–water partition coefficient (Wildman–Crippen LogP) is 3.15. The zero-order valence-electron chi connectivity index (χ0n) is 17.2. The SMILES string of the molecule is COC[C@@H]1CN(CC(C)C)CC12CCN(C(=O)c1cccc(OC)c1)CC2. The molecule has 0 saturated carbocycles. The van der Waals surface area contributed by atoms with Crippen LogP contribution in [-0.2, 0) is 4.74 Å². The van der Waals surface area contributed by atoms with Crippen LogP contribution in [-0.4, -0.2) is 69.3 Å². The fourth-order valence-electron chi connectivity index (χ4n) is 4.89. The molecule has 1 amide bonds. The number of amides is 1. The number of likely N-dealkylation sites (tertiary alicyclic amines) is 2. The van der Waals surface area contributed by atoms with Crippen molar-refractivity contribution in [1.82, 2.24) is 9.80 Å². The maximum Gasteiger partial charge on any atom is 0.253 e. The maximum atomic E-state index is 12.9. The van der Waals surface area contributed by atoms with Crippen LogP contribution in [0, 0.1) is 17.3 Å². The third-order valence-corrected chi connectivity index (χ3v) is 6.24. The van der Waals surface area contributed by atoms with E-state index in [0.29, 0.717) is 17.4 Å². The summed E-state index contributed by atoms with van der Waals surface area (Å²) in [5.74, 6) is 2.09. The quantitative estimate of drug-likeness (QED) is 0.767. The van der Waals surface area contributed by atoms with Crippen molar-refractivity contribution < 1.29 is 14.3 Å². The van der Waals surface area contributed by atoms with Gasteiger partial charge in [-0.15, -0.1) is 0 Å². The number of carbonyl (C=O) groups excluding carboxylic acids is 1. The molecule has 0 aromatic heterocycles. The zero-order valence-corrected chi connectivity index (χ0v) is 17.2. The van der Waals surface area contributed by atoms with Crippen LogP contribution >= 0.6 is 0 Å². The topological polar surface area (TPSA) is 42.0 Å². The molecule has 1 atom stereocenters. The fraction of sp³-hybridized carbons (Fsp3) is 0.682. The highest BCUT2D eigenvalue weighted by Crippen LogP contribution is 2.45. The molecule has 2 fully saturated rings. The number of benzene rings is 1. The highest BCUT2D eigenvalue weighted by Gasteiger charge is 2.48. The van der Waals surface area contributed by atoms with Gasteiger partial charge in [-0.3, -0.25) is 4.79 Å². The Bertz CT molecular complexity index is 638. The maximum absolute atomic E-state index is 12.9. The minimum absolute atomic E-state index is 0.115. The van der Waals surface area contributed by atoms with Crippen molar-refractivity contribution in [2.75, 3.05) is 53.6 Å². The molecule has 1 aromatic carbocycles. The van der Waals surface area contributed by atoms with Crippen molar-refractivity contribution in [3.63, 3.8) is 0 Å². The third-order valence-electron chi connectivity index (χ3n) is 6.24. The fourth-order valence-corrected chi connectivity index (χ4v) is 4.89. The van der Waals surface area contributed by atoms with E-state index in [9.17, 15) is 4.79 Å². The number of hydrogen-bond donors (Lipinski definition) is 0. The van der Waals surface area contributed by atoms with E-state index in [1.165, 1.54) is 0 Å². The van der Waals surface area contributed by atoms with Gasteiger partial charge >= 0.3 is 0 Å². The lowest BCUT2D eigenvalue weighted by molar-refractivity contribution is 0.0322. The van der Waals surface area contributed by atoms with Crippen LogP contribution in [0.25, 0.3) is 0 Å². The van der Waals surface area contributed by atoms with Gasteiger partial charge in [0.15, 0.2) is 0 Å². The first-order valence-corrected chi connectivity index (χ1v) is 10.1. The lowest BCUT2D eigenvalue weighted by Gasteiger charge is -2.42. The monoisotopic (exact) mass is 374 g/mol. The van der Waals surface area contributed by atoms with Crippen LogP contribution < -0.4 is 4.74 Å². The molecule has 0 bridgehead atoms. The molecule has 27 heavy (non-hydrogen) atoms. The Balaban J connectivity index is 1.66. The molecule has 0 N–H and O–H groups in total. The lowest BCUT2D eigenvalue weighted by Crippen LogP contribution is -2.47. The Kier molecular flexibility index (Phi) is 6.43. The number of ether oxygens (including phenoxy) is 2. The highest BCUT2D eigenvalue weighted by molar-refractivity contribution is 5.94. The second-order valence-electron chi connectivity index (χ2n) is 8.63. The van der Waals surface area contributed by atoms with Gasteiger partial charge in [-0.05, 0) is 42.4 Å². The number of carbonyl (C=O) groups is 1. The normalized spacial score (nSPS) is 22.6. The van der Waals surface area contributed by atoms with E-state index in [0.717, 1.165) is 57.9 Å². The summed E-state index contributed by atoms with van der Waals surface area (Å²) in [5.41, 5.74) is 1.00. The number of methoxy groups -OCH3 is 2. The van der Waals surface area contributed by atoms with E-state index in [2.05, 4.69) is 18.7 Å². The number of piperidine rings is 1. The molecule has 0 radical (unpaired) electrons. The van der Waals surface area contributed by atoms with Gasteiger partial charge in [-0.25, -0.2) is 0 Å². The first-order chi connectivity index (χ1) is 13.0. The third kappa shape index (κ3) is 4.46. The van der Waals surface area contributed by atoms with E-state index in [1.807, 2.05) is 29.2 Å². The number of hydrogen-bond acceptors (Lipinski definition) is 4. The molecule has 1 spiro atoms. The smallest absolute Gasteiger partial charge is 0.253 e. The minimum atomic E-state index is 0.115. The Morgan fingerprint density at radius 1 is 1.26 bits per heavy atom. The average molecular weight is 375 g/mol. The summed E-state index contributed by atoms with van der Waals surface area (Å²) < 4.78 is 10.8. The van der Waals surface area contributed by atoms with Gasteiger partial charge in [0, 0.05) is 51.3 Å². The second kappa shape index (κ2) is 8.61. The summed E-state index contributed by atoms with van der Waals surface area (Å²) in [6, 6.07) is 7.47. The van der Waals surface area contributed by atoms with Crippen LogP contribution in [0.4, 0.5) is 0 Å². The van der Waals surface area contributed by atoms with Crippen LogP contribution in [0.1, 0.15) is 37.0 Å². The first kappa shape index (κ1) is 20.2. The molecule has 1 aromatic rings. The van der Waals surface area contributed by atoms with Crippen molar-refractivity contribution in [1.29, 1.82) is 0 Å². The van der Waals surface area contributed by atoms with Gasteiger partial charge in [0.1, 0.15) is 5.75 Å². The molecule has 0 aliphatic carbocycles. The van der Waals surface area contributed by atoms with E-state index in [-0.39, 0.29) is 11.3 Å². The Labute approximate surface area is 163 Å². The molecule has 5 heteroatoms. The van der Waals surface area contributed by atoms with Gasteiger partial charge in [-0.1, -0.05) is 19.9 Å². The van der Waals surface area contributed by atoms with Crippen molar-refractivity contribution in [3.05, 3.63) is 29.8 Å². The first-order valence-electron chi connectivity index (χ1n) is 10.1. The zero-order chi connectivity index (χ0) is 19.4. The number of nitrogens with zero attached hydrogens (tertiary/aromatic N) is 2. The number of rotatable bonds is 6. The Hall–Kier alpha value is -1.59. The summed E-state index contributed by atoms with van der Waals surface area (Å²) >= 11 is 0. The highest BCUT2D eigenvalue weighted by atomic mass is 16.5. The van der Waals surface area contributed by atoms with Gasteiger partial charge in [-0.2, -0.15) is 0 Å². The van der Waals surface area contributed by atoms with E-state index in [4.69, 9.17) is 9.47 Å². The summed E-state index contributed by atoms with van der Waals surface area (Å²) in [7, 11) is 3.44. The van der Waals surface area contributed by atoms with Crippen LogP contribution in [0.15, 0.2) is 24.3 Å². The summed E-state index contributed by atoms with van der Waals surface area (Å²) in [6.45, 7) is 10.4.